The lowest BCUT2D eigenvalue weighted by molar-refractivity contribution is 0.415. The van der Waals surface area contributed by atoms with E-state index in [2.05, 4.69) is 15.4 Å². The van der Waals surface area contributed by atoms with Crippen molar-refractivity contribution in [2.45, 2.75) is 0 Å². The molecule has 4 heteroatoms. The van der Waals surface area contributed by atoms with Crippen molar-refractivity contribution in [3.8, 4) is 5.75 Å². The van der Waals surface area contributed by atoms with Crippen LogP contribution in [0.3, 0.4) is 0 Å². The highest BCUT2D eigenvalue weighted by Gasteiger charge is 1.91. The van der Waals surface area contributed by atoms with Crippen molar-refractivity contribution in [1.82, 2.24) is 15.4 Å². The molecule has 0 aliphatic carbocycles. The largest absolute Gasteiger partial charge is 0.497 e. The van der Waals surface area contributed by atoms with Gasteiger partial charge in [-0.15, -0.1) is 10.2 Å². The van der Waals surface area contributed by atoms with Crippen LogP contribution in [0.15, 0.2) is 36.5 Å². The first-order valence-corrected chi connectivity index (χ1v) is 4.85. The predicted octanol–water partition coefficient (Wildman–Crippen LogP) is 2.05. The second-order valence-electron chi connectivity index (χ2n) is 3.15. The Bertz CT molecular complexity index is 465. The van der Waals surface area contributed by atoms with E-state index >= 15 is 0 Å². The quantitative estimate of drug-likeness (QED) is 0.782. The van der Waals surface area contributed by atoms with E-state index < -0.39 is 0 Å². The zero-order valence-corrected chi connectivity index (χ0v) is 8.87. The van der Waals surface area contributed by atoms with Crippen LogP contribution in [0.1, 0.15) is 11.3 Å². The highest BCUT2D eigenvalue weighted by molar-refractivity contribution is 5.67. The molecule has 4 nitrogen and oxygen atoms in total. The fourth-order valence-electron chi connectivity index (χ4n) is 1.24. The minimum Gasteiger partial charge on any atom is -0.497 e. The first kappa shape index (κ1) is 10.3. The molecule has 0 fully saturated rings. The van der Waals surface area contributed by atoms with Crippen molar-refractivity contribution >= 4 is 12.2 Å². The summed E-state index contributed by atoms with van der Waals surface area (Å²) in [6.07, 6.45) is 5.46. The SMILES string of the molecule is COc1ccc(C=Cc2ccnnn2)cc1. The van der Waals surface area contributed by atoms with Gasteiger partial charge in [0.2, 0.25) is 0 Å². The fourth-order valence-corrected chi connectivity index (χ4v) is 1.24. The van der Waals surface area contributed by atoms with E-state index in [1.807, 2.05) is 36.4 Å². The van der Waals surface area contributed by atoms with Crippen molar-refractivity contribution < 1.29 is 4.74 Å². The molecule has 0 aliphatic rings. The maximum atomic E-state index is 5.08. The number of aromatic nitrogens is 3. The Balaban J connectivity index is 2.12. The molecule has 0 spiro atoms. The lowest BCUT2D eigenvalue weighted by atomic mass is 10.2. The molecular formula is C12H11N3O. The summed E-state index contributed by atoms with van der Waals surface area (Å²) < 4.78 is 5.08. The topological polar surface area (TPSA) is 47.9 Å². The lowest BCUT2D eigenvalue weighted by Gasteiger charge is -1.98. The summed E-state index contributed by atoms with van der Waals surface area (Å²) in [5.74, 6) is 0.848. The van der Waals surface area contributed by atoms with Gasteiger partial charge in [-0.25, -0.2) is 0 Å². The van der Waals surface area contributed by atoms with E-state index in [1.165, 1.54) is 0 Å². The summed E-state index contributed by atoms with van der Waals surface area (Å²) in [6.45, 7) is 0. The average molecular weight is 213 g/mol. The summed E-state index contributed by atoms with van der Waals surface area (Å²) in [5, 5.41) is 11.0. The minimum atomic E-state index is 0.783. The highest BCUT2D eigenvalue weighted by atomic mass is 16.5. The van der Waals surface area contributed by atoms with Crippen molar-refractivity contribution in [2.75, 3.05) is 7.11 Å². The average Bonchev–Trinajstić information content (AvgIpc) is 2.38. The molecule has 0 radical (unpaired) electrons. The van der Waals surface area contributed by atoms with Gasteiger partial charge in [0.25, 0.3) is 0 Å². The number of hydrogen-bond acceptors (Lipinski definition) is 4. The van der Waals surface area contributed by atoms with Gasteiger partial charge < -0.3 is 4.74 Å². The van der Waals surface area contributed by atoms with Crippen LogP contribution in [0.4, 0.5) is 0 Å². The number of rotatable bonds is 3. The molecule has 0 saturated heterocycles. The van der Waals surface area contributed by atoms with Crippen LogP contribution in [0.5, 0.6) is 5.75 Å². The van der Waals surface area contributed by atoms with Gasteiger partial charge in [-0.1, -0.05) is 18.2 Å². The van der Waals surface area contributed by atoms with Gasteiger partial charge in [0.05, 0.1) is 19.0 Å². The Morgan fingerprint density at radius 3 is 2.50 bits per heavy atom. The van der Waals surface area contributed by atoms with Crippen LogP contribution in [0.2, 0.25) is 0 Å². The second-order valence-corrected chi connectivity index (χ2v) is 3.15. The molecule has 2 rings (SSSR count). The Labute approximate surface area is 93.6 Å². The van der Waals surface area contributed by atoms with E-state index in [0.717, 1.165) is 17.0 Å². The van der Waals surface area contributed by atoms with Gasteiger partial charge in [-0.05, 0) is 35.1 Å². The molecule has 1 heterocycles. The van der Waals surface area contributed by atoms with Gasteiger partial charge in [0.15, 0.2) is 0 Å². The molecule has 0 unspecified atom stereocenters. The van der Waals surface area contributed by atoms with E-state index in [4.69, 9.17) is 4.74 Å². The summed E-state index contributed by atoms with van der Waals surface area (Å²) >= 11 is 0. The van der Waals surface area contributed by atoms with Gasteiger partial charge in [0.1, 0.15) is 5.75 Å². The van der Waals surface area contributed by atoms with Crippen LogP contribution in [-0.4, -0.2) is 22.5 Å². The minimum absolute atomic E-state index is 0.783. The first-order chi connectivity index (χ1) is 7.88. The van der Waals surface area contributed by atoms with E-state index in [0.29, 0.717) is 0 Å². The Morgan fingerprint density at radius 2 is 1.88 bits per heavy atom. The van der Waals surface area contributed by atoms with Gasteiger partial charge >= 0.3 is 0 Å². The van der Waals surface area contributed by atoms with E-state index in [1.54, 1.807) is 19.4 Å². The standard InChI is InChI=1S/C12H11N3O/c1-16-12-6-3-10(4-7-12)2-5-11-8-9-13-15-14-11/h2-9H,1H3. The second kappa shape index (κ2) is 5.02. The molecule has 1 aromatic heterocycles. The number of hydrogen-bond donors (Lipinski definition) is 0. The van der Waals surface area contributed by atoms with Crippen molar-refractivity contribution in [1.29, 1.82) is 0 Å². The normalized spacial score (nSPS) is 10.6. The molecular weight excluding hydrogens is 202 g/mol. The molecule has 0 N–H and O–H groups in total. The molecule has 0 bridgehead atoms. The van der Waals surface area contributed by atoms with Gasteiger partial charge in [-0.2, -0.15) is 0 Å². The molecule has 16 heavy (non-hydrogen) atoms. The van der Waals surface area contributed by atoms with Gasteiger partial charge in [0, 0.05) is 0 Å². The fraction of sp³-hybridized carbons (Fsp3) is 0.0833. The summed E-state index contributed by atoms with van der Waals surface area (Å²) in [4.78, 5) is 0. The maximum absolute atomic E-state index is 5.08. The summed E-state index contributed by atoms with van der Waals surface area (Å²) in [5.41, 5.74) is 1.87. The smallest absolute Gasteiger partial charge is 0.118 e. The zero-order chi connectivity index (χ0) is 11.2. The third-order valence-corrected chi connectivity index (χ3v) is 2.09. The van der Waals surface area contributed by atoms with Crippen molar-refractivity contribution in [3.63, 3.8) is 0 Å². The third kappa shape index (κ3) is 2.63. The monoisotopic (exact) mass is 213 g/mol. The molecule has 2 aromatic rings. The summed E-state index contributed by atoms with van der Waals surface area (Å²) in [7, 11) is 1.65. The van der Waals surface area contributed by atoms with Gasteiger partial charge in [-0.3, -0.25) is 0 Å². The molecule has 0 amide bonds. The Kier molecular flexibility index (Phi) is 3.23. The van der Waals surface area contributed by atoms with E-state index in [-0.39, 0.29) is 0 Å². The molecule has 0 aliphatic heterocycles. The van der Waals surface area contributed by atoms with Crippen LogP contribution < -0.4 is 4.74 Å². The molecule has 0 atom stereocenters. The first-order valence-electron chi connectivity index (χ1n) is 4.85. The third-order valence-electron chi connectivity index (χ3n) is 2.09. The lowest BCUT2D eigenvalue weighted by Crippen LogP contribution is -1.87. The molecule has 80 valence electrons. The maximum Gasteiger partial charge on any atom is 0.118 e. The van der Waals surface area contributed by atoms with Crippen molar-refractivity contribution in [2.24, 2.45) is 0 Å². The number of ether oxygens (including phenoxy) is 1. The van der Waals surface area contributed by atoms with Crippen LogP contribution in [0, 0.1) is 0 Å². The zero-order valence-electron chi connectivity index (χ0n) is 8.87. The van der Waals surface area contributed by atoms with Crippen molar-refractivity contribution in [3.05, 3.63) is 47.8 Å². The van der Waals surface area contributed by atoms with E-state index in [9.17, 15) is 0 Å². The van der Waals surface area contributed by atoms with Crippen LogP contribution >= 0.6 is 0 Å². The predicted molar refractivity (Wildman–Crippen MR) is 61.7 cm³/mol. The Morgan fingerprint density at radius 1 is 1.06 bits per heavy atom. The van der Waals surface area contributed by atoms with Crippen LogP contribution in [-0.2, 0) is 0 Å². The summed E-state index contributed by atoms with van der Waals surface area (Å²) in [6, 6.07) is 9.58. The van der Waals surface area contributed by atoms with Crippen LogP contribution in [0.25, 0.3) is 12.2 Å². The number of nitrogens with zero attached hydrogens (tertiary/aromatic N) is 3. The Hall–Kier alpha value is -2.23. The number of methoxy groups -OCH3 is 1. The number of benzene rings is 1. The highest BCUT2D eigenvalue weighted by Crippen LogP contribution is 2.13. The molecule has 1 aromatic carbocycles. The molecule has 0 saturated carbocycles.